The molecule has 39 heavy (non-hydrogen) atoms. The van der Waals surface area contributed by atoms with Crippen LogP contribution in [-0.4, -0.2) is 45.6 Å². The molecule has 0 radical (unpaired) electrons. The second-order valence-corrected chi connectivity index (χ2v) is 8.30. The van der Waals surface area contributed by atoms with E-state index in [9.17, 15) is 34.9 Å². The quantitative estimate of drug-likeness (QED) is 0.179. The maximum Gasteiger partial charge on any atom is 0.277 e. The first-order valence-electron chi connectivity index (χ1n) is 11.7. The summed E-state index contributed by atoms with van der Waals surface area (Å²) >= 11 is 0. The Balaban J connectivity index is 1.78. The Kier molecular flexibility index (Phi) is 9.62. The summed E-state index contributed by atoms with van der Waals surface area (Å²) in [6.07, 6.45) is 2.23. The van der Waals surface area contributed by atoms with Gasteiger partial charge in [-0.1, -0.05) is 19.1 Å². The zero-order valence-electron chi connectivity index (χ0n) is 20.8. The van der Waals surface area contributed by atoms with Gasteiger partial charge in [0.1, 0.15) is 17.5 Å². The Labute approximate surface area is 222 Å². The van der Waals surface area contributed by atoms with Crippen LogP contribution in [0.2, 0.25) is 0 Å². The lowest BCUT2D eigenvalue weighted by atomic mass is 10.0. The van der Waals surface area contributed by atoms with Crippen LogP contribution in [0.5, 0.6) is 11.5 Å². The van der Waals surface area contributed by atoms with E-state index < -0.39 is 39.1 Å². The van der Waals surface area contributed by atoms with Gasteiger partial charge in [0.05, 0.1) is 34.3 Å². The Morgan fingerprint density at radius 3 is 2.18 bits per heavy atom. The predicted octanol–water partition coefficient (Wildman–Crippen LogP) is 3.49. The molecule has 13 heteroatoms. The van der Waals surface area contributed by atoms with Crippen molar-refractivity contribution in [3.63, 3.8) is 0 Å². The maximum atomic E-state index is 13.0. The third-order valence-corrected chi connectivity index (χ3v) is 5.33. The minimum Gasteiger partial charge on any atom is -0.508 e. The number of aromatic hydroxyl groups is 1. The molecule has 0 aliphatic rings. The molecule has 0 heterocycles. The number of hydrazone groups is 1. The third-order valence-electron chi connectivity index (χ3n) is 5.33. The lowest BCUT2D eigenvalue weighted by Crippen LogP contribution is -2.46. The zero-order valence-corrected chi connectivity index (χ0v) is 20.8. The lowest BCUT2D eigenvalue weighted by Gasteiger charge is -2.17. The standard InChI is InChI=1S/C26H25N5O8/c1-2-11-39-23-9-5-18(6-10-23)16-27-29-26(34)24(12-17-3-7-22(32)8-4-17)28-25(33)19-13-20(30(35)36)15-21(14-19)31(37)38/h3-10,13-16,24,32H,2,11-12H2,1H3,(H,28,33)(H,29,34)/b27-16-/t24-/m1/s1. The van der Waals surface area contributed by atoms with Crippen molar-refractivity contribution in [2.45, 2.75) is 25.8 Å². The molecule has 3 aromatic carbocycles. The topological polar surface area (TPSA) is 186 Å². The second kappa shape index (κ2) is 13.3. The normalized spacial score (nSPS) is 11.5. The third kappa shape index (κ3) is 8.35. The van der Waals surface area contributed by atoms with Crippen LogP contribution in [0.25, 0.3) is 0 Å². The fourth-order valence-corrected chi connectivity index (χ4v) is 3.37. The van der Waals surface area contributed by atoms with Gasteiger partial charge in [-0.15, -0.1) is 0 Å². The van der Waals surface area contributed by atoms with Crippen LogP contribution in [0.3, 0.4) is 0 Å². The number of nitro groups is 2. The summed E-state index contributed by atoms with van der Waals surface area (Å²) in [7, 11) is 0. The zero-order chi connectivity index (χ0) is 28.4. The molecule has 0 aliphatic carbocycles. The molecule has 0 bridgehead atoms. The smallest absolute Gasteiger partial charge is 0.277 e. The average molecular weight is 536 g/mol. The molecule has 3 rings (SSSR count). The largest absolute Gasteiger partial charge is 0.508 e. The van der Waals surface area contributed by atoms with Gasteiger partial charge in [-0.05, 0) is 53.9 Å². The fraction of sp³-hybridized carbons (Fsp3) is 0.192. The molecule has 13 nitrogen and oxygen atoms in total. The van der Waals surface area contributed by atoms with Crippen molar-refractivity contribution in [3.05, 3.63) is 104 Å². The number of hydrogen-bond donors (Lipinski definition) is 3. The molecule has 0 aromatic heterocycles. The number of phenols is 1. The van der Waals surface area contributed by atoms with E-state index in [1.807, 2.05) is 6.92 Å². The monoisotopic (exact) mass is 535 g/mol. The van der Waals surface area contributed by atoms with Crippen LogP contribution < -0.4 is 15.5 Å². The van der Waals surface area contributed by atoms with Gasteiger partial charge < -0.3 is 15.2 Å². The van der Waals surface area contributed by atoms with Crippen molar-refractivity contribution in [1.82, 2.24) is 10.7 Å². The van der Waals surface area contributed by atoms with Crippen molar-refractivity contribution in [2.24, 2.45) is 5.10 Å². The van der Waals surface area contributed by atoms with Gasteiger partial charge in [-0.3, -0.25) is 29.8 Å². The molecule has 0 saturated carbocycles. The Morgan fingerprint density at radius 2 is 1.62 bits per heavy atom. The number of hydrogen-bond acceptors (Lipinski definition) is 9. The van der Waals surface area contributed by atoms with Gasteiger partial charge in [0.25, 0.3) is 23.2 Å². The van der Waals surface area contributed by atoms with Crippen molar-refractivity contribution >= 4 is 29.4 Å². The highest BCUT2D eigenvalue weighted by molar-refractivity contribution is 5.98. The van der Waals surface area contributed by atoms with Crippen molar-refractivity contribution in [2.75, 3.05) is 6.61 Å². The summed E-state index contributed by atoms with van der Waals surface area (Å²) in [5.41, 5.74) is 1.92. The van der Waals surface area contributed by atoms with E-state index in [1.54, 1.807) is 36.4 Å². The van der Waals surface area contributed by atoms with Gasteiger partial charge in [0, 0.05) is 18.6 Å². The van der Waals surface area contributed by atoms with E-state index in [4.69, 9.17) is 4.74 Å². The molecular formula is C26H25N5O8. The van der Waals surface area contributed by atoms with E-state index in [0.29, 0.717) is 23.5 Å². The summed E-state index contributed by atoms with van der Waals surface area (Å²) in [4.78, 5) is 46.6. The van der Waals surface area contributed by atoms with Crippen LogP contribution in [0.15, 0.2) is 71.8 Å². The molecule has 0 fully saturated rings. The number of rotatable bonds is 12. The van der Waals surface area contributed by atoms with E-state index in [0.717, 1.165) is 24.6 Å². The molecule has 3 aromatic rings. The summed E-state index contributed by atoms with van der Waals surface area (Å²) in [6.45, 7) is 2.58. The second-order valence-electron chi connectivity index (χ2n) is 8.30. The van der Waals surface area contributed by atoms with Crippen LogP contribution in [0, 0.1) is 20.2 Å². The summed E-state index contributed by atoms with van der Waals surface area (Å²) in [5, 5.41) is 38.3. The summed E-state index contributed by atoms with van der Waals surface area (Å²) in [6, 6.07) is 14.2. The Hall–Kier alpha value is -5.33. The lowest BCUT2D eigenvalue weighted by molar-refractivity contribution is -0.394. The van der Waals surface area contributed by atoms with Gasteiger partial charge >= 0.3 is 0 Å². The van der Waals surface area contributed by atoms with Crippen LogP contribution in [0.4, 0.5) is 11.4 Å². The van der Waals surface area contributed by atoms with E-state index in [2.05, 4.69) is 15.8 Å². The van der Waals surface area contributed by atoms with Crippen LogP contribution in [-0.2, 0) is 11.2 Å². The number of benzene rings is 3. The number of nitro benzene ring substituents is 2. The molecule has 0 spiro atoms. The first-order valence-corrected chi connectivity index (χ1v) is 11.7. The number of ether oxygens (including phenoxy) is 1. The number of nitrogens with zero attached hydrogens (tertiary/aromatic N) is 3. The van der Waals surface area contributed by atoms with E-state index in [-0.39, 0.29) is 17.7 Å². The van der Waals surface area contributed by atoms with Crippen molar-refractivity contribution < 1.29 is 29.3 Å². The number of phenolic OH excluding ortho intramolecular Hbond substituents is 1. The molecular weight excluding hydrogens is 510 g/mol. The Bertz CT molecular complexity index is 1340. The molecule has 0 aliphatic heterocycles. The Morgan fingerprint density at radius 1 is 1.00 bits per heavy atom. The van der Waals surface area contributed by atoms with Crippen molar-refractivity contribution in [1.29, 1.82) is 0 Å². The van der Waals surface area contributed by atoms with Gasteiger partial charge in [0.2, 0.25) is 0 Å². The van der Waals surface area contributed by atoms with Gasteiger partial charge in [-0.25, -0.2) is 5.43 Å². The highest BCUT2D eigenvalue weighted by Crippen LogP contribution is 2.23. The van der Waals surface area contributed by atoms with E-state index in [1.165, 1.54) is 18.3 Å². The highest BCUT2D eigenvalue weighted by Gasteiger charge is 2.25. The number of carbonyl (C=O) groups excluding carboxylic acids is 2. The molecule has 202 valence electrons. The first-order chi connectivity index (χ1) is 18.7. The SMILES string of the molecule is CCCOc1ccc(/C=N\NC(=O)[C@@H](Cc2ccc(O)cc2)NC(=O)c2cc([N+](=O)[O-])cc([N+](=O)[O-])c2)cc1. The number of carbonyl (C=O) groups is 2. The number of amides is 2. The predicted molar refractivity (Wildman–Crippen MR) is 141 cm³/mol. The first kappa shape index (κ1) is 28.2. The van der Waals surface area contributed by atoms with Gasteiger partial charge in [0.15, 0.2) is 0 Å². The summed E-state index contributed by atoms with van der Waals surface area (Å²) < 4.78 is 5.52. The van der Waals surface area contributed by atoms with Gasteiger partial charge in [-0.2, -0.15) is 5.10 Å². The average Bonchev–Trinajstić information content (AvgIpc) is 2.92. The molecule has 0 unspecified atom stereocenters. The molecule has 2 amide bonds. The molecule has 3 N–H and O–H groups in total. The minimum atomic E-state index is -1.22. The molecule has 0 saturated heterocycles. The minimum absolute atomic E-state index is 0.00315. The van der Waals surface area contributed by atoms with Crippen LogP contribution >= 0.6 is 0 Å². The molecule has 1 atom stereocenters. The van der Waals surface area contributed by atoms with Crippen LogP contribution in [0.1, 0.15) is 34.8 Å². The highest BCUT2D eigenvalue weighted by atomic mass is 16.6. The van der Waals surface area contributed by atoms with Crippen molar-refractivity contribution in [3.8, 4) is 11.5 Å². The maximum absolute atomic E-state index is 13.0. The summed E-state index contributed by atoms with van der Waals surface area (Å²) in [5.74, 6) is -0.956. The van der Waals surface area contributed by atoms with E-state index >= 15 is 0 Å². The number of non-ortho nitro benzene ring substituents is 2. The fourth-order valence-electron chi connectivity index (χ4n) is 3.37. The number of nitrogens with one attached hydrogen (secondary N) is 2.